The first kappa shape index (κ1) is 18.3. The highest BCUT2D eigenvalue weighted by Crippen LogP contribution is 2.36. The van der Waals surface area contributed by atoms with Crippen molar-refractivity contribution in [1.82, 2.24) is 0 Å². The second-order valence-corrected chi connectivity index (χ2v) is 7.67. The van der Waals surface area contributed by atoms with Crippen LogP contribution >= 0.6 is 11.8 Å². The Hall–Kier alpha value is -2.52. The van der Waals surface area contributed by atoms with Gasteiger partial charge in [0.15, 0.2) is 0 Å². The molecule has 1 N–H and O–H groups in total. The number of carbonyl (C=O) groups excluding carboxylic acids is 1. The van der Waals surface area contributed by atoms with Crippen LogP contribution < -0.4 is 5.32 Å². The summed E-state index contributed by atoms with van der Waals surface area (Å²) in [5, 5.41) is 2.76. The number of hydrogen-bond donors (Lipinski definition) is 1. The van der Waals surface area contributed by atoms with E-state index >= 15 is 0 Å². The Labute approximate surface area is 159 Å². The zero-order chi connectivity index (χ0) is 18.4. The molecular formula is C23H23NOS. The Morgan fingerprint density at radius 1 is 0.769 bits per heavy atom. The van der Waals surface area contributed by atoms with E-state index in [1.165, 1.54) is 5.56 Å². The summed E-state index contributed by atoms with van der Waals surface area (Å²) in [6, 6.07) is 28.0. The van der Waals surface area contributed by atoms with Gasteiger partial charge in [-0.15, -0.1) is 11.8 Å². The minimum atomic E-state index is -0.302. The third-order valence-corrected chi connectivity index (χ3v) is 5.45. The number of anilines is 1. The summed E-state index contributed by atoms with van der Waals surface area (Å²) in [5.74, 6) is 0.466. The number of carbonyl (C=O) groups is 1. The van der Waals surface area contributed by atoms with Gasteiger partial charge in [-0.25, -0.2) is 0 Å². The quantitative estimate of drug-likeness (QED) is 0.523. The lowest BCUT2D eigenvalue weighted by molar-refractivity contribution is -0.115. The molecule has 1 atom stereocenters. The molecule has 3 aromatic carbocycles. The van der Waals surface area contributed by atoms with Crippen molar-refractivity contribution in [2.45, 2.75) is 29.9 Å². The molecule has 0 aliphatic carbocycles. The maximum absolute atomic E-state index is 13.0. The van der Waals surface area contributed by atoms with Gasteiger partial charge in [0.25, 0.3) is 0 Å². The summed E-state index contributed by atoms with van der Waals surface area (Å²) in [6.45, 7) is 4.32. The third kappa shape index (κ3) is 4.77. The first-order valence-electron chi connectivity index (χ1n) is 8.81. The van der Waals surface area contributed by atoms with Gasteiger partial charge in [0.1, 0.15) is 5.25 Å². The zero-order valence-corrected chi connectivity index (χ0v) is 15.9. The van der Waals surface area contributed by atoms with E-state index in [1.807, 2.05) is 72.8 Å². The van der Waals surface area contributed by atoms with Crippen LogP contribution in [-0.2, 0) is 4.79 Å². The fourth-order valence-electron chi connectivity index (χ4n) is 2.70. The fourth-order valence-corrected chi connectivity index (χ4v) is 3.74. The van der Waals surface area contributed by atoms with Gasteiger partial charge >= 0.3 is 0 Å². The predicted molar refractivity (Wildman–Crippen MR) is 111 cm³/mol. The van der Waals surface area contributed by atoms with Crippen molar-refractivity contribution in [3.8, 4) is 0 Å². The first-order chi connectivity index (χ1) is 12.6. The first-order valence-corrected chi connectivity index (χ1v) is 9.69. The van der Waals surface area contributed by atoms with Crippen molar-refractivity contribution in [3.63, 3.8) is 0 Å². The van der Waals surface area contributed by atoms with Crippen LogP contribution in [0.2, 0.25) is 0 Å². The lowest BCUT2D eigenvalue weighted by Crippen LogP contribution is -2.19. The van der Waals surface area contributed by atoms with E-state index in [4.69, 9.17) is 0 Å². The second kappa shape index (κ2) is 8.72. The summed E-state index contributed by atoms with van der Waals surface area (Å²) < 4.78 is 0. The Balaban J connectivity index is 1.80. The standard InChI is InChI=1S/C23H23NOS/c1-17(2)18-13-15-20(16-14-18)24-23(25)22(19-9-5-3-6-10-19)26-21-11-7-4-8-12-21/h3-17,22H,1-2H3,(H,24,25)/t22-/m1/s1. The zero-order valence-electron chi connectivity index (χ0n) is 15.1. The molecule has 26 heavy (non-hydrogen) atoms. The molecule has 0 aromatic heterocycles. The molecule has 3 heteroatoms. The van der Waals surface area contributed by atoms with E-state index in [-0.39, 0.29) is 11.2 Å². The minimum Gasteiger partial charge on any atom is -0.325 e. The van der Waals surface area contributed by atoms with E-state index < -0.39 is 0 Å². The monoisotopic (exact) mass is 361 g/mol. The summed E-state index contributed by atoms with van der Waals surface area (Å²) in [5.41, 5.74) is 3.09. The highest BCUT2D eigenvalue weighted by Gasteiger charge is 2.22. The smallest absolute Gasteiger partial charge is 0.242 e. The molecule has 0 radical (unpaired) electrons. The van der Waals surface area contributed by atoms with E-state index in [9.17, 15) is 4.79 Å². The molecule has 0 aliphatic rings. The van der Waals surface area contributed by atoms with Gasteiger partial charge in [-0.1, -0.05) is 74.5 Å². The largest absolute Gasteiger partial charge is 0.325 e. The van der Waals surface area contributed by atoms with Gasteiger partial charge in [-0.3, -0.25) is 4.79 Å². The number of amides is 1. The van der Waals surface area contributed by atoms with Crippen LogP contribution in [0.4, 0.5) is 5.69 Å². The van der Waals surface area contributed by atoms with Crippen LogP contribution in [0.5, 0.6) is 0 Å². The summed E-state index contributed by atoms with van der Waals surface area (Å²) in [7, 11) is 0. The van der Waals surface area contributed by atoms with Crippen molar-refractivity contribution in [1.29, 1.82) is 0 Å². The fraction of sp³-hybridized carbons (Fsp3) is 0.174. The van der Waals surface area contributed by atoms with Gasteiger partial charge < -0.3 is 5.32 Å². The van der Waals surface area contributed by atoms with Gasteiger partial charge in [-0.05, 0) is 41.3 Å². The van der Waals surface area contributed by atoms with Gasteiger partial charge in [-0.2, -0.15) is 0 Å². The maximum Gasteiger partial charge on any atom is 0.242 e. The Bertz CT molecular complexity index is 829. The normalized spacial score (nSPS) is 12.0. The highest BCUT2D eigenvalue weighted by molar-refractivity contribution is 8.00. The molecule has 0 spiro atoms. The third-order valence-electron chi connectivity index (χ3n) is 4.18. The van der Waals surface area contributed by atoms with E-state index in [0.29, 0.717) is 5.92 Å². The molecule has 0 unspecified atom stereocenters. The second-order valence-electron chi connectivity index (χ2n) is 6.49. The lowest BCUT2D eigenvalue weighted by atomic mass is 10.0. The maximum atomic E-state index is 13.0. The molecule has 1 amide bonds. The minimum absolute atomic E-state index is 0.0117. The molecule has 0 heterocycles. The van der Waals surface area contributed by atoms with Crippen molar-refractivity contribution in [2.75, 3.05) is 5.32 Å². The van der Waals surface area contributed by atoms with Gasteiger partial charge in [0, 0.05) is 10.6 Å². The molecule has 132 valence electrons. The molecule has 0 saturated heterocycles. The van der Waals surface area contributed by atoms with Crippen LogP contribution in [0, 0.1) is 0 Å². The molecular weight excluding hydrogens is 338 g/mol. The Morgan fingerprint density at radius 3 is 1.92 bits per heavy atom. The number of hydrogen-bond acceptors (Lipinski definition) is 2. The Morgan fingerprint density at radius 2 is 1.35 bits per heavy atom. The van der Waals surface area contributed by atoms with Crippen LogP contribution in [0.3, 0.4) is 0 Å². The molecule has 2 nitrogen and oxygen atoms in total. The number of nitrogens with one attached hydrogen (secondary N) is 1. The van der Waals surface area contributed by atoms with E-state index in [2.05, 4.69) is 31.3 Å². The number of benzene rings is 3. The van der Waals surface area contributed by atoms with Crippen molar-refractivity contribution < 1.29 is 4.79 Å². The van der Waals surface area contributed by atoms with Gasteiger partial charge in [0.2, 0.25) is 5.91 Å². The van der Waals surface area contributed by atoms with Crippen LogP contribution in [0.25, 0.3) is 0 Å². The molecule has 3 rings (SSSR count). The number of thioether (sulfide) groups is 1. The molecule has 0 fully saturated rings. The SMILES string of the molecule is CC(C)c1ccc(NC(=O)[C@H](Sc2ccccc2)c2ccccc2)cc1. The molecule has 0 bridgehead atoms. The van der Waals surface area contributed by atoms with Crippen molar-refractivity contribution in [3.05, 3.63) is 96.1 Å². The molecule has 0 saturated carbocycles. The highest BCUT2D eigenvalue weighted by atomic mass is 32.2. The van der Waals surface area contributed by atoms with Crippen LogP contribution in [0.1, 0.15) is 36.1 Å². The van der Waals surface area contributed by atoms with E-state index in [1.54, 1.807) is 11.8 Å². The summed E-state index contributed by atoms with van der Waals surface area (Å²) >= 11 is 1.57. The predicted octanol–water partition coefficient (Wildman–Crippen LogP) is 6.28. The van der Waals surface area contributed by atoms with E-state index in [0.717, 1.165) is 16.1 Å². The number of rotatable bonds is 6. The Kier molecular flexibility index (Phi) is 6.13. The summed E-state index contributed by atoms with van der Waals surface area (Å²) in [6.07, 6.45) is 0. The summed E-state index contributed by atoms with van der Waals surface area (Å²) in [4.78, 5) is 14.1. The van der Waals surface area contributed by atoms with Gasteiger partial charge in [0.05, 0.1) is 0 Å². The molecule has 0 aliphatic heterocycles. The lowest BCUT2D eigenvalue weighted by Gasteiger charge is -2.17. The molecule has 3 aromatic rings. The average Bonchev–Trinajstić information content (AvgIpc) is 2.68. The van der Waals surface area contributed by atoms with Crippen molar-refractivity contribution in [2.24, 2.45) is 0 Å². The van der Waals surface area contributed by atoms with Crippen LogP contribution in [0.15, 0.2) is 89.8 Å². The van der Waals surface area contributed by atoms with Crippen LogP contribution in [-0.4, -0.2) is 5.91 Å². The average molecular weight is 362 g/mol. The topological polar surface area (TPSA) is 29.1 Å². The van der Waals surface area contributed by atoms with Crippen molar-refractivity contribution >= 4 is 23.4 Å².